The normalized spacial score (nSPS) is 20.0. The largest absolute Gasteiger partial charge is 0.345 e. The lowest BCUT2D eigenvalue weighted by Crippen LogP contribution is -2.40. The van der Waals surface area contributed by atoms with Crippen molar-refractivity contribution in [2.45, 2.75) is 45.1 Å². The SMILES string of the molecule is CNCC[C@H](NCC(=O)CC[C@@H]1CCN(C)C(=O)CC1=O)C(C)=O. The Morgan fingerprint density at radius 2 is 2.04 bits per heavy atom. The number of carbonyl (C=O) groups is 4. The number of hydrogen-bond donors (Lipinski definition) is 2. The second-order valence-electron chi connectivity index (χ2n) is 6.46. The van der Waals surface area contributed by atoms with Gasteiger partial charge >= 0.3 is 0 Å². The summed E-state index contributed by atoms with van der Waals surface area (Å²) in [6, 6.07) is -0.327. The lowest BCUT2D eigenvalue weighted by atomic mass is 9.93. The Labute approximate surface area is 143 Å². The average Bonchev–Trinajstić information content (AvgIpc) is 2.64. The van der Waals surface area contributed by atoms with E-state index in [1.54, 1.807) is 11.9 Å². The van der Waals surface area contributed by atoms with E-state index in [9.17, 15) is 19.2 Å². The van der Waals surface area contributed by atoms with Crippen LogP contribution < -0.4 is 10.6 Å². The maximum atomic E-state index is 12.0. The highest BCUT2D eigenvalue weighted by Gasteiger charge is 2.27. The maximum Gasteiger partial charge on any atom is 0.229 e. The number of nitrogens with zero attached hydrogens (tertiary/aromatic N) is 1. The van der Waals surface area contributed by atoms with Crippen molar-refractivity contribution < 1.29 is 19.2 Å². The third-order valence-electron chi connectivity index (χ3n) is 4.51. The summed E-state index contributed by atoms with van der Waals surface area (Å²) in [5.41, 5.74) is 0. The Hall–Kier alpha value is -1.60. The molecule has 2 atom stereocenters. The number of nitrogens with one attached hydrogen (secondary N) is 2. The molecule has 0 spiro atoms. The lowest BCUT2D eigenvalue weighted by Gasteiger charge is -2.16. The number of hydrogen-bond acceptors (Lipinski definition) is 6. The van der Waals surface area contributed by atoms with Gasteiger partial charge in [-0.1, -0.05) is 0 Å². The molecule has 136 valence electrons. The highest BCUT2D eigenvalue weighted by atomic mass is 16.2. The van der Waals surface area contributed by atoms with Crippen molar-refractivity contribution in [3.63, 3.8) is 0 Å². The van der Waals surface area contributed by atoms with Crippen LogP contribution in [0.25, 0.3) is 0 Å². The summed E-state index contributed by atoms with van der Waals surface area (Å²) >= 11 is 0. The van der Waals surface area contributed by atoms with Gasteiger partial charge < -0.3 is 15.5 Å². The molecule has 7 nitrogen and oxygen atoms in total. The van der Waals surface area contributed by atoms with Gasteiger partial charge in [0.25, 0.3) is 0 Å². The van der Waals surface area contributed by atoms with E-state index < -0.39 is 0 Å². The molecule has 1 aliphatic heterocycles. The van der Waals surface area contributed by atoms with Crippen LogP contribution in [0.4, 0.5) is 0 Å². The highest BCUT2D eigenvalue weighted by molar-refractivity contribution is 6.00. The minimum absolute atomic E-state index is 0.0116. The van der Waals surface area contributed by atoms with E-state index >= 15 is 0 Å². The van der Waals surface area contributed by atoms with Crippen LogP contribution in [0, 0.1) is 5.92 Å². The van der Waals surface area contributed by atoms with Gasteiger partial charge in [0.05, 0.1) is 19.0 Å². The zero-order valence-electron chi connectivity index (χ0n) is 14.9. The molecule has 0 aromatic carbocycles. The van der Waals surface area contributed by atoms with Crippen molar-refractivity contribution in [2.24, 2.45) is 5.92 Å². The summed E-state index contributed by atoms with van der Waals surface area (Å²) in [4.78, 5) is 48.8. The molecule has 24 heavy (non-hydrogen) atoms. The second kappa shape index (κ2) is 10.3. The summed E-state index contributed by atoms with van der Waals surface area (Å²) in [6.07, 6.45) is 1.94. The second-order valence-corrected chi connectivity index (χ2v) is 6.46. The van der Waals surface area contributed by atoms with Crippen LogP contribution in [-0.4, -0.2) is 67.9 Å². The van der Waals surface area contributed by atoms with Gasteiger partial charge in [-0.25, -0.2) is 0 Å². The molecule has 2 N–H and O–H groups in total. The van der Waals surface area contributed by atoms with E-state index in [1.165, 1.54) is 6.92 Å². The lowest BCUT2D eigenvalue weighted by molar-refractivity contribution is -0.133. The number of ketones is 3. The van der Waals surface area contributed by atoms with Crippen LogP contribution in [0.5, 0.6) is 0 Å². The first-order valence-corrected chi connectivity index (χ1v) is 8.52. The zero-order valence-corrected chi connectivity index (χ0v) is 14.9. The summed E-state index contributed by atoms with van der Waals surface area (Å²) in [5.74, 6) is -0.443. The number of rotatable bonds is 10. The predicted molar refractivity (Wildman–Crippen MR) is 90.6 cm³/mol. The minimum Gasteiger partial charge on any atom is -0.345 e. The average molecular weight is 339 g/mol. The van der Waals surface area contributed by atoms with E-state index in [2.05, 4.69) is 10.6 Å². The molecule has 1 fully saturated rings. The van der Waals surface area contributed by atoms with Gasteiger partial charge in [-0.15, -0.1) is 0 Å². The fourth-order valence-electron chi connectivity index (χ4n) is 2.77. The molecule has 0 saturated carbocycles. The Kier molecular flexibility index (Phi) is 8.78. The Morgan fingerprint density at radius 3 is 2.67 bits per heavy atom. The third kappa shape index (κ3) is 6.88. The molecular formula is C17H29N3O4. The molecule has 0 unspecified atom stereocenters. The van der Waals surface area contributed by atoms with Crippen molar-refractivity contribution in [3.05, 3.63) is 0 Å². The fraction of sp³-hybridized carbons (Fsp3) is 0.765. The standard InChI is InChI=1S/C17H29N3O4/c1-12(21)15(6-8-18-2)19-11-14(22)5-4-13-7-9-20(3)17(24)10-16(13)23/h13,15,18-19H,4-11H2,1-3H3/t13-,15+/m1/s1. The molecule has 0 aromatic rings. The Balaban J connectivity index is 2.38. The molecule has 0 aliphatic carbocycles. The van der Waals surface area contributed by atoms with E-state index in [0.29, 0.717) is 32.4 Å². The first-order chi connectivity index (χ1) is 11.3. The Bertz CT molecular complexity index is 478. The molecule has 0 radical (unpaired) electrons. The summed E-state index contributed by atoms with van der Waals surface area (Å²) < 4.78 is 0. The van der Waals surface area contributed by atoms with E-state index in [0.717, 1.165) is 0 Å². The minimum atomic E-state index is -0.327. The molecule has 1 saturated heterocycles. The number of Topliss-reactive ketones (excluding diaryl/α,β-unsaturated/α-hetero) is 3. The smallest absolute Gasteiger partial charge is 0.229 e. The van der Waals surface area contributed by atoms with Gasteiger partial charge in [0, 0.05) is 25.9 Å². The molecule has 1 heterocycles. The number of carbonyl (C=O) groups excluding carboxylic acids is 4. The van der Waals surface area contributed by atoms with Crippen LogP contribution in [0.3, 0.4) is 0 Å². The molecular weight excluding hydrogens is 310 g/mol. The van der Waals surface area contributed by atoms with Crippen LogP contribution in [0.1, 0.15) is 39.0 Å². The van der Waals surface area contributed by atoms with Gasteiger partial charge in [-0.05, 0) is 39.8 Å². The van der Waals surface area contributed by atoms with Crippen molar-refractivity contribution in [3.8, 4) is 0 Å². The number of amides is 1. The van der Waals surface area contributed by atoms with E-state index in [4.69, 9.17) is 0 Å². The first kappa shape index (κ1) is 20.4. The zero-order chi connectivity index (χ0) is 18.1. The van der Waals surface area contributed by atoms with E-state index in [1.807, 2.05) is 7.05 Å². The molecule has 1 rings (SSSR count). The quantitative estimate of drug-likeness (QED) is 0.541. The third-order valence-corrected chi connectivity index (χ3v) is 4.51. The molecule has 7 heteroatoms. The maximum absolute atomic E-state index is 12.0. The van der Waals surface area contributed by atoms with Crippen molar-refractivity contribution in [2.75, 3.05) is 33.7 Å². The highest BCUT2D eigenvalue weighted by Crippen LogP contribution is 2.19. The molecule has 0 aromatic heterocycles. The molecule has 0 bridgehead atoms. The van der Waals surface area contributed by atoms with Crippen molar-refractivity contribution >= 4 is 23.3 Å². The van der Waals surface area contributed by atoms with Crippen molar-refractivity contribution in [1.29, 1.82) is 0 Å². The molecule has 1 aliphatic rings. The van der Waals surface area contributed by atoms with Gasteiger partial charge in [-0.2, -0.15) is 0 Å². The van der Waals surface area contributed by atoms with Crippen LogP contribution in [0.2, 0.25) is 0 Å². The monoisotopic (exact) mass is 339 g/mol. The van der Waals surface area contributed by atoms with Crippen molar-refractivity contribution in [1.82, 2.24) is 15.5 Å². The molecule has 1 amide bonds. The predicted octanol–water partition coefficient (Wildman–Crippen LogP) is -0.0701. The van der Waals surface area contributed by atoms with Crippen LogP contribution in [-0.2, 0) is 19.2 Å². The van der Waals surface area contributed by atoms with Gasteiger partial charge in [0.15, 0.2) is 0 Å². The topological polar surface area (TPSA) is 95.6 Å². The summed E-state index contributed by atoms with van der Waals surface area (Å²) in [5, 5.41) is 5.97. The summed E-state index contributed by atoms with van der Waals surface area (Å²) in [7, 11) is 3.51. The first-order valence-electron chi connectivity index (χ1n) is 8.52. The summed E-state index contributed by atoms with van der Waals surface area (Å²) in [6.45, 7) is 2.89. The van der Waals surface area contributed by atoms with Gasteiger partial charge in [0.1, 0.15) is 17.3 Å². The van der Waals surface area contributed by atoms with Gasteiger partial charge in [0.2, 0.25) is 5.91 Å². The van der Waals surface area contributed by atoms with Crippen LogP contribution in [0.15, 0.2) is 0 Å². The number of likely N-dealkylation sites (tertiary alicyclic amines) is 1. The van der Waals surface area contributed by atoms with E-state index in [-0.39, 0.29) is 54.6 Å². The Morgan fingerprint density at radius 1 is 1.33 bits per heavy atom. The van der Waals surface area contributed by atoms with Crippen LogP contribution >= 0.6 is 0 Å². The fourth-order valence-corrected chi connectivity index (χ4v) is 2.77. The van der Waals surface area contributed by atoms with Gasteiger partial charge in [-0.3, -0.25) is 19.2 Å².